The molecule has 2 aromatic rings. The molecule has 2 aromatic carbocycles. The van der Waals surface area contributed by atoms with Crippen LogP contribution >= 0.6 is 0 Å². The standard InChI is InChI=1S/C20H25N3O/c1-16-9-11-17(12-10-16)19(23-13-5-6-14-23)15-21-20(24)22-18-7-3-2-4-8-18/h2-4,7-12,19H,5-6,13-15H2,1H3,(H2,21,22,24). The number of anilines is 1. The van der Waals surface area contributed by atoms with Gasteiger partial charge in [0, 0.05) is 12.2 Å². The molecule has 1 atom stereocenters. The van der Waals surface area contributed by atoms with Gasteiger partial charge in [-0.25, -0.2) is 4.79 Å². The summed E-state index contributed by atoms with van der Waals surface area (Å²) in [4.78, 5) is 14.6. The molecule has 0 bridgehead atoms. The van der Waals surface area contributed by atoms with Crippen molar-refractivity contribution in [3.63, 3.8) is 0 Å². The highest BCUT2D eigenvalue weighted by Gasteiger charge is 2.23. The van der Waals surface area contributed by atoms with E-state index in [1.54, 1.807) is 0 Å². The number of carbonyl (C=O) groups excluding carboxylic acids is 1. The summed E-state index contributed by atoms with van der Waals surface area (Å²) in [5.74, 6) is 0. The van der Waals surface area contributed by atoms with Crippen LogP contribution < -0.4 is 10.6 Å². The number of aryl methyl sites for hydroxylation is 1. The molecule has 4 nitrogen and oxygen atoms in total. The minimum Gasteiger partial charge on any atom is -0.336 e. The molecule has 24 heavy (non-hydrogen) atoms. The van der Waals surface area contributed by atoms with Crippen molar-refractivity contribution in [2.24, 2.45) is 0 Å². The van der Waals surface area contributed by atoms with Crippen molar-refractivity contribution in [3.8, 4) is 0 Å². The molecule has 0 radical (unpaired) electrons. The van der Waals surface area contributed by atoms with Gasteiger partial charge in [-0.05, 0) is 50.6 Å². The Morgan fingerprint density at radius 2 is 1.71 bits per heavy atom. The second kappa shape index (κ2) is 7.97. The Morgan fingerprint density at radius 1 is 1.04 bits per heavy atom. The fourth-order valence-corrected chi connectivity index (χ4v) is 3.19. The SMILES string of the molecule is Cc1ccc(C(CNC(=O)Nc2ccccc2)N2CCCC2)cc1. The van der Waals surface area contributed by atoms with Gasteiger partial charge >= 0.3 is 6.03 Å². The van der Waals surface area contributed by atoms with Crippen LogP contribution in [0.5, 0.6) is 0 Å². The molecule has 0 spiro atoms. The molecule has 0 saturated carbocycles. The van der Waals surface area contributed by atoms with Crippen molar-refractivity contribution >= 4 is 11.7 Å². The summed E-state index contributed by atoms with van der Waals surface area (Å²) in [6.45, 7) is 4.91. The van der Waals surface area contributed by atoms with Gasteiger partial charge < -0.3 is 10.6 Å². The number of hydrogen-bond donors (Lipinski definition) is 2. The molecule has 4 heteroatoms. The van der Waals surface area contributed by atoms with Crippen molar-refractivity contribution in [1.29, 1.82) is 0 Å². The second-order valence-electron chi connectivity index (χ2n) is 6.37. The molecule has 1 aliphatic rings. The van der Waals surface area contributed by atoms with Gasteiger partial charge in [0.2, 0.25) is 0 Å². The predicted octanol–water partition coefficient (Wildman–Crippen LogP) is 3.95. The average molecular weight is 323 g/mol. The zero-order valence-electron chi connectivity index (χ0n) is 14.2. The van der Waals surface area contributed by atoms with Gasteiger partial charge in [-0.3, -0.25) is 4.90 Å². The van der Waals surface area contributed by atoms with Crippen LogP contribution in [0.2, 0.25) is 0 Å². The average Bonchev–Trinajstić information content (AvgIpc) is 3.12. The van der Waals surface area contributed by atoms with Gasteiger partial charge in [0.1, 0.15) is 0 Å². The van der Waals surface area contributed by atoms with Crippen LogP contribution in [0.4, 0.5) is 10.5 Å². The van der Waals surface area contributed by atoms with E-state index in [1.807, 2.05) is 30.3 Å². The van der Waals surface area contributed by atoms with Crippen molar-refractivity contribution < 1.29 is 4.79 Å². The number of hydrogen-bond acceptors (Lipinski definition) is 2. The van der Waals surface area contributed by atoms with Gasteiger partial charge in [0.15, 0.2) is 0 Å². The van der Waals surface area contributed by atoms with E-state index in [1.165, 1.54) is 24.0 Å². The van der Waals surface area contributed by atoms with Crippen molar-refractivity contribution in [3.05, 3.63) is 65.7 Å². The summed E-state index contributed by atoms with van der Waals surface area (Å²) < 4.78 is 0. The zero-order valence-corrected chi connectivity index (χ0v) is 14.2. The van der Waals surface area contributed by atoms with E-state index >= 15 is 0 Å². The molecule has 1 fully saturated rings. The number of para-hydroxylation sites is 1. The number of urea groups is 1. The minimum absolute atomic E-state index is 0.155. The lowest BCUT2D eigenvalue weighted by Crippen LogP contribution is -2.38. The maximum Gasteiger partial charge on any atom is 0.319 e. The van der Waals surface area contributed by atoms with E-state index in [4.69, 9.17) is 0 Å². The largest absolute Gasteiger partial charge is 0.336 e. The molecule has 3 rings (SSSR count). The molecule has 1 unspecified atom stereocenters. The lowest BCUT2D eigenvalue weighted by Gasteiger charge is -2.28. The number of rotatable bonds is 5. The molecule has 0 aliphatic carbocycles. The second-order valence-corrected chi connectivity index (χ2v) is 6.37. The highest BCUT2D eigenvalue weighted by molar-refractivity contribution is 5.89. The van der Waals surface area contributed by atoms with Gasteiger partial charge in [0.05, 0.1) is 6.04 Å². The molecule has 2 N–H and O–H groups in total. The fourth-order valence-electron chi connectivity index (χ4n) is 3.19. The van der Waals surface area contributed by atoms with Crippen LogP contribution in [0.25, 0.3) is 0 Å². The van der Waals surface area contributed by atoms with Gasteiger partial charge in [-0.1, -0.05) is 48.0 Å². The van der Waals surface area contributed by atoms with Gasteiger partial charge in [0.25, 0.3) is 0 Å². The Kier molecular flexibility index (Phi) is 5.49. The lowest BCUT2D eigenvalue weighted by molar-refractivity contribution is 0.227. The zero-order chi connectivity index (χ0) is 16.8. The Hall–Kier alpha value is -2.33. The van der Waals surface area contributed by atoms with E-state index in [0.29, 0.717) is 6.54 Å². The first-order chi connectivity index (χ1) is 11.7. The van der Waals surface area contributed by atoms with E-state index in [0.717, 1.165) is 18.8 Å². The smallest absolute Gasteiger partial charge is 0.319 e. The maximum absolute atomic E-state index is 12.2. The molecule has 1 aliphatic heterocycles. The number of amides is 2. The maximum atomic E-state index is 12.2. The summed E-state index contributed by atoms with van der Waals surface area (Å²) in [5, 5.41) is 5.91. The first kappa shape index (κ1) is 16.5. The van der Waals surface area contributed by atoms with E-state index < -0.39 is 0 Å². The Morgan fingerprint density at radius 3 is 2.38 bits per heavy atom. The number of nitrogens with zero attached hydrogens (tertiary/aromatic N) is 1. The summed E-state index contributed by atoms with van der Waals surface area (Å²) in [7, 11) is 0. The molecule has 1 saturated heterocycles. The molecule has 1 heterocycles. The normalized spacial score (nSPS) is 15.9. The topological polar surface area (TPSA) is 44.4 Å². The predicted molar refractivity (Wildman–Crippen MR) is 98.2 cm³/mol. The first-order valence-electron chi connectivity index (χ1n) is 8.63. The number of likely N-dealkylation sites (tertiary alicyclic amines) is 1. The molecular weight excluding hydrogens is 298 g/mol. The first-order valence-corrected chi connectivity index (χ1v) is 8.63. The summed E-state index contributed by atoms with van der Waals surface area (Å²) in [5.41, 5.74) is 3.33. The Bertz CT molecular complexity index is 648. The molecule has 126 valence electrons. The number of benzene rings is 2. The van der Waals surface area contributed by atoms with E-state index in [9.17, 15) is 4.79 Å². The number of nitrogens with one attached hydrogen (secondary N) is 2. The van der Waals surface area contributed by atoms with Crippen LogP contribution in [-0.4, -0.2) is 30.6 Å². The third-order valence-electron chi connectivity index (χ3n) is 4.53. The van der Waals surface area contributed by atoms with Crippen LogP contribution in [0.1, 0.15) is 30.0 Å². The third-order valence-corrected chi connectivity index (χ3v) is 4.53. The highest BCUT2D eigenvalue weighted by atomic mass is 16.2. The minimum atomic E-state index is -0.155. The summed E-state index contributed by atoms with van der Waals surface area (Å²) >= 11 is 0. The van der Waals surface area contributed by atoms with Gasteiger partial charge in [-0.2, -0.15) is 0 Å². The quantitative estimate of drug-likeness (QED) is 0.875. The van der Waals surface area contributed by atoms with Gasteiger partial charge in [-0.15, -0.1) is 0 Å². The van der Waals surface area contributed by atoms with Crippen LogP contribution in [0, 0.1) is 6.92 Å². The Balaban J connectivity index is 1.63. The monoisotopic (exact) mass is 323 g/mol. The van der Waals surface area contributed by atoms with Crippen molar-refractivity contribution in [2.45, 2.75) is 25.8 Å². The molecular formula is C20H25N3O. The van der Waals surface area contributed by atoms with Crippen molar-refractivity contribution in [1.82, 2.24) is 10.2 Å². The molecule has 0 aromatic heterocycles. The summed E-state index contributed by atoms with van der Waals surface area (Å²) in [6, 6.07) is 18.2. The fraction of sp³-hybridized carbons (Fsp3) is 0.350. The molecule has 2 amide bonds. The van der Waals surface area contributed by atoms with Crippen molar-refractivity contribution in [2.75, 3.05) is 25.0 Å². The Labute approximate surface area is 143 Å². The summed E-state index contributed by atoms with van der Waals surface area (Å²) in [6.07, 6.45) is 2.47. The lowest BCUT2D eigenvalue weighted by atomic mass is 10.0. The highest BCUT2D eigenvalue weighted by Crippen LogP contribution is 2.25. The third kappa shape index (κ3) is 4.36. The van der Waals surface area contributed by atoms with Crippen LogP contribution in [-0.2, 0) is 0 Å². The van der Waals surface area contributed by atoms with Crippen LogP contribution in [0.15, 0.2) is 54.6 Å². The number of carbonyl (C=O) groups is 1. The van der Waals surface area contributed by atoms with E-state index in [-0.39, 0.29) is 12.1 Å². The van der Waals surface area contributed by atoms with E-state index in [2.05, 4.69) is 46.7 Å². The van der Waals surface area contributed by atoms with Crippen LogP contribution in [0.3, 0.4) is 0 Å².